The summed E-state index contributed by atoms with van der Waals surface area (Å²) in [5.41, 5.74) is 5.97. The molecule has 3 aliphatic heterocycles. The summed E-state index contributed by atoms with van der Waals surface area (Å²) in [6.07, 6.45) is 0.167. The van der Waals surface area contributed by atoms with Gasteiger partial charge in [-0.05, 0) is 55.3 Å². The Labute approximate surface area is 172 Å². The van der Waals surface area contributed by atoms with Gasteiger partial charge in [0.25, 0.3) is 6.02 Å². The summed E-state index contributed by atoms with van der Waals surface area (Å²) < 4.78 is 22.9. The number of nitrogens with zero attached hydrogens (tertiary/aromatic N) is 1. The minimum Gasteiger partial charge on any atom is -0.487 e. The number of ketones is 1. The molecule has 4 heterocycles. The molecule has 0 aliphatic carbocycles. The van der Waals surface area contributed by atoms with Crippen LogP contribution in [0.4, 0.5) is 0 Å². The number of carbonyl (C=O) groups excluding carboxylic acids is 1. The summed E-state index contributed by atoms with van der Waals surface area (Å²) >= 11 is 5.79. The normalized spacial score (nSPS) is 25.7. The number of ether oxygens (including phenoxy) is 3. The van der Waals surface area contributed by atoms with Crippen LogP contribution in [-0.2, 0) is 21.4 Å². The lowest BCUT2D eigenvalue weighted by Crippen LogP contribution is -2.71. The number of halogens is 1. The third kappa shape index (κ3) is 2.47. The second-order valence-corrected chi connectivity index (χ2v) is 8.69. The summed E-state index contributed by atoms with van der Waals surface area (Å²) in [7, 11) is 0. The zero-order chi connectivity index (χ0) is 20.4. The fourth-order valence-corrected chi connectivity index (χ4v) is 4.82. The first-order valence-corrected chi connectivity index (χ1v) is 9.81. The molecular weight excluding hydrogens is 396 g/mol. The first kappa shape index (κ1) is 18.5. The predicted molar refractivity (Wildman–Crippen MR) is 105 cm³/mol. The lowest BCUT2D eigenvalue weighted by Gasteiger charge is -2.61. The number of benzene rings is 1. The van der Waals surface area contributed by atoms with Crippen LogP contribution in [0.2, 0.25) is 5.22 Å². The highest BCUT2D eigenvalue weighted by molar-refractivity contribution is 6.29. The van der Waals surface area contributed by atoms with E-state index < -0.39 is 16.6 Å². The fourth-order valence-electron chi connectivity index (χ4n) is 4.67. The third-order valence-electron chi connectivity index (χ3n) is 6.44. The zero-order valence-electron chi connectivity index (χ0n) is 16.2. The topological polar surface area (TPSA) is 96.3 Å². The van der Waals surface area contributed by atoms with E-state index in [1.54, 1.807) is 12.1 Å². The molecule has 0 radical (unpaired) electrons. The average Bonchev–Trinajstić information content (AvgIpc) is 3.21. The number of aliphatic imine (C=N–C) groups is 1. The number of rotatable bonds is 3. The minimum absolute atomic E-state index is 0.157. The van der Waals surface area contributed by atoms with E-state index in [-0.39, 0.29) is 29.2 Å². The van der Waals surface area contributed by atoms with Gasteiger partial charge in [0.15, 0.2) is 11.0 Å². The maximum atomic E-state index is 12.6. The Hall–Kier alpha value is -2.51. The Morgan fingerprint density at radius 1 is 1.21 bits per heavy atom. The quantitative estimate of drug-likeness (QED) is 0.772. The molecule has 8 heteroatoms. The Balaban J connectivity index is 1.58. The van der Waals surface area contributed by atoms with Gasteiger partial charge in [-0.15, -0.1) is 0 Å². The van der Waals surface area contributed by atoms with Crippen LogP contribution in [0, 0.1) is 5.41 Å². The zero-order valence-corrected chi connectivity index (χ0v) is 16.9. The maximum Gasteiger partial charge on any atom is 0.283 e. The van der Waals surface area contributed by atoms with Crippen molar-refractivity contribution >= 4 is 23.4 Å². The second kappa shape index (κ2) is 6.00. The molecule has 0 saturated carbocycles. The predicted octanol–water partition coefficient (Wildman–Crippen LogP) is 3.09. The molecule has 3 aliphatic rings. The second-order valence-electron chi connectivity index (χ2n) is 8.32. The van der Waals surface area contributed by atoms with Crippen LogP contribution in [0.1, 0.15) is 35.5 Å². The Morgan fingerprint density at radius 2 is 2.00 bits per heavy atom. The van der Waals surface area contributed by atoms with E-state index in [0.717, 1.165) is 11.1 Å². The number of hydrogen-bond acceptors (Lipinski definition) is 7. The Bertz CT molecular complexity index is 1040. The maximum absolute atomic E-state index is 12.6. The molecule has 0 bridgehead atoms. The van der Waals surface area contributed by atoms with E-state index >= 15 is 0 Å². The molecule has 152 valence electrons. The van der Waals surface area contributed by atoms with Gasteiger partial charge in [0, 0.05) is 12.0 Å². The van der Waals surface area contributed by atoms with Crippen LogP contribution in [0.25, 0.3) is 0 Å². The van der Waals surface area contributed by atoms with Gasteiger partial charge in [-0.2, -0.15) is 0 Å². The highest BCUT2D eigenvalue weighted by Gasteiger charge is 2.71. The molecule has 1 saturated heterocycles. The molecule has 29 heavy (non-hydrogen) atoms. The van der Waals surface area contributed by atoms with Crippen molar-refractivity contribution in [3.63, 3.8) is 0 Å². The SMILES string of the molecule is CC1(C)Oc2ccc(CC(=O)c3ccc(Cl)o3)cc2C2(COC(N)=N2)C12COC2. The summed E-state index contributed by atoms with van der Waals surface area (Å²) in [6, 6.07) is 9.01. The summed E-state index contributed by atoms with van der Waals surface area (Å²) in [5.74, 6) is 0.789. The monoisotopic (exact) mass is 416 g/mol. The summed E-state index contributed by atoms with van der Waals surface area (Å²) in [4.78, 5) is 17.3. The molecule has 1 aromatic carbocycles. The summed E-state index contributed by atoms with van der Waals surface area (Å²) in [6.45, 7) is 5.39. The fraction of sp³-hybridized carbons (Fsp3) is 0.429. The van der Waals surface area contributed by atoms with E-state index in [1.807, 2.05) is 32.0 Å². The molecule has 2 aromatic rings. The first-order chi connectivity index (χ1) is 13.8. The molecule has 1 fully saturated rings. The van der Waals surface area contributed by atoms with Crippen molar-refractivity contribution in [2.24, 2.45) is 16.1 Å². The van der Waals surface area contributed by atoms with E-state index in [9.17, 15) is 4.79 Å². The van der Waals surface area contributed by atoms with E-state index in [4.69, 9.17) is 41.0 Å². The number of nitrogens with two attached hydrogens (primary N) is 1. The number of amidine groups is 1. The highest BCUT2D eigenvalue weighted by Crippen LogP contribution is 2.62. The molecular formula is C21H21ClN2O5. The molecule has 1 unspecified atom stereocenters. The van der Waals surface area contributed by atoms with Crippen LogP contribution >= 0.6 is 11.6 Å². The Kier molecular flexibility index (Phi) is 3.83. The highest BCUT2D eigenvalue weighted by atomic mass is 35.5. The number of Topliss-reactive ketones (excluding diaryl/α,β-unsaturated/α-hetero) is 1. The minimum atomic E-state index is -0.723. The van der Waals surface area contributed by atoms with Crippen molar-refractivity contribution in [2.75, 3.05) is 19.8 Å². The van der Waals surface area contributed by atoms with Gasteiger partial charge < -0.3 is 24.4 Å². The number of hydrogen-bond donors (Lipinski definition) is 1. The molecule has 5 rings (SSSR count). The van der Waals surface area contributed by atoms with Crippen molar-refractivity contribution in [1.29, 1.82) is 0 Å². The van der Waals surface area contributed by atoms with E-state index in [1.165, 1.54) is 0 Å². The largest absolute Gasteiger partial charge is 0.487 e. The molecule has 1 atom stereocenters. The smallest absolute Gasteiger partial charge is 0.283 e. The van der Waals surface area contributed by atoms with Gasteiger partial charge in [-0.1, -0.05) is 6.07 Å². The lowest BCUT2D eigenvalue weighted by atomic mass is 9.55. The Morgan fingerprint density at radius 3 is 2.59 bits per heavy atom. The molecule has 7 nitrogen and oxygen atoms in total. The van der Waals surface area contributed by atoms with E-state index in [0.29, 0.717) is 25.6 Å². The third-order valence-corrected chi connectivity index (χ3v) is 6.64. The van der Waals surface area contributed by atoms with Crippen molar-refractivity contribution in [2.45, 2.75) is 31.4 Å². The number of furan rings is 1. The van der Waals surface area contributed by atoms with Crippen LogP contribution in [0.3, 0.4) is 0 Å². The molecule has 1 aromatic heterocycles. The van der Waals surface area contributed by atoms with Crippen molar-refractivity contribution in [1.82, 2.24) is 0 Å². The van der Waals surface area contributed by atoms with Crippen molar-refractivity contribution in [3.8, 4) is 5.75 Å². The van der Waals surface area contributed by atoms with Crippen molar-refractivity contribution in [3.05, 3.63) is 52.4 Å². The molecule has 0 amide bonds. The standard InChI is InChI=1S/C21H21ClN2O5/c1-19(2)20(9-26-10-20)21(11-27-18(23)24-21)13-7-12(3-4-15(13)29-19)8-14(25)16-5-6-17(22)28-16/h3-7H,8-11H2,1-2H3,(H2,23,24). The van der Waals surface area contributed by atoms with Crippen LogP contribution < -0.4 is 10.5 Å². The van der Waals surface area contributed by atoms with Gasteiger partial charge >= 0.3 is 0 Å². The average molecular weight is 417 g/mol. The van der Waals surface area contributed by atoms with E-state index in [2.05, 4.69) is 0 Å². The van der Waals surface area contributed by atoms with Gasteiger partial charge in [-0.25, -0.2) is 4.99 Å². The molecule has 2 spiro atoms. The van der Waals surface area contributed by atoms with Gasteiger partial charge in [0.2, 0.25) is 5.78 Å². The van der Waals surface area contributed by atoms with Crippen LogP contribution in [0.5, 0.6) is 5.75 Å². The molecule has 2 N–H and O–H groups in total. The van der Waals surface area contributed by atoms with Crippen LogP contribution in [-0.4, -0.2) is 37.2 Å². The first-order valence-electron chi connectivity index (χ1n) is 9.43. The van der Waals surface area contributed by atoms with Gasteiger partial charge in [0.1, 0.15) is 23.5 Å². The van der Waals surface area contributed by atoms with Crippen LogP contribution in [0.15, 0.2) is 39.7 Å². The summed E-state index contributed by atoms with van der Waals surface area (Å²) in [5, 5.41) is 0.188. The lowest BCUT2D eigenvalue weighted by molar-refractivity contribution is -0.247. The number of carbonyl (C=O) groups is 1. The van der Waals surface area contributed by atoms with Crippen molar-refractivity contribution < 1.29 is 23.4 Å². The van der Waals surface area contributed by atoms with Gasteiger partial charge in [0.05, 0.1) is 18.6 Å². The van der Waals surface area contributed by atoms with Gasteiger partial charge in [-0.3, -0.25) is 4.79 Å². The number of fused-ring (bicyclic) bond motifs is 3.